The van der Waals surface area contributed by atoms with Crippen molar-refractivity contribution in [2.45, 2.75) is 37.6 Å². The molecule has 1 aliphatic heterocycles. The van der Waals surface area contributed by atoms with E-state index in [1.165, 1.54) is 19.4 Å². The number of piperidine rings is 1. The fourth-order valence-corrected chi connectivity index (χ4v) is 3.57. The van der Waals surface area contributed by atoms with E-state index >= 15 is 0 Å². The molecule has 25 heavy (non-hydrogen) atoms. The summed E-state index contributed by atoms with van der Waals surface area (Å²) in [5, 5.41) is 12.2. The van der Waals surface area contributed by atoms with E-state index in [0.717, 1.165) is 38.3 Å². The Balaban J connectivity index is 1.63. The highest BCUT2D eigenvalue weighted by atomic mass is 16.5. The summed E-state index contributed by atoms with van der Waals surface area (Å²) < 4.78 is 5.29. The lowest BCUT2D eigenvalue weighted by Gasteiger charge is -2.42. The SMILES string of the molecule is COCCC1(NC(=O)c2ccc(C#N)cc2)CCN(CC2CC2)CC1. The Morgan fingerprint density at radius 1 is 1.32 bits per heavy atom. The Bertz CT molecular complexity index is 623. The molecule has 1 saturated heterocycles. The third-order valence-electron chi connectivity index (χ3n) is 5.47. The molecule has 134 valence electrons. The molecule has 1 aromatic rings. The Kier molecular flexibility index (Phi) is 5.72. The van der Waals surface area contributed by atoms with Crippen LogP contribution < -0.4 is 5.32 Å². The van der Waals surface area contributed by atoms with Gasteiger partial charge in [0, 0.05) is 44.5 Å². The molecule has 0 unspecified atom stereocenters. The van der Waals surface area contributed by atoms with Crippen molar-refractivity contribution >= 4 is 5.91 Å². The second-order valence-corrected chi connectivity index (χ2v) is 7.41. The lowest BCUT2D eigenvalue weighted by atomic mass is 9.84. The molecule has 5 nitrogen and oxygen atoms in total. The average Bonchev–Trinajstić information content (AvgIpc) is 3.46. The second-order valence-electron chi connectivity index (χ2n) is 7.41. The number of rotatable bonds is 7. The summed E-state index contributed by atoms with van der Waals surface area (Å²) in [6.07, 6.45) is 5.51. The largest absolute Gasteiger partial charge is 0.385 e. The number of amides is 1. The number of likely N-dealkylation sites (tertiary alicyclic amines) is 1. The average molecular weight is 341 g/mol. The van der Waals surface area contributed by atoms with Crippen LogP contribution in [0.5, 0.6) is 0 Å². The van der Waals surface area contributed by atoms with Crippen molar-refractivity contribution in [3.8, 4) is 6.07 Å². The fourth-order valence-electron chi connectivity index (χ4n) is 3.57. The van der Waals surface area contributed by atoms with Crippen LogP contribution in [0.2, 0.25) is 0 Å². The molecule has 2 fully saturated rings. The smallest absolute Gasteiger partial charge is 0.251 e. The predicted octanol–water partition coefficient (Wildman–Crippen LogP) is 2.57. The number of hydrogen-bond acceptors (Lipinski definition) is 4. The van der Waals surface area contributed by atoms with Crippen LogP contribution in [0.15, 0.2) is 24.3 Å². The van der Waals surface area contributed by atoms with Gasteiger partial charge in [-0.1, -0.05) is 0 Å². The molecule has 0 radical (unpaired) electrons. The van der Waals surface area contributed by atoms with Gasteiger partial charge in [0.1, 0.15) is 0 Å². The number of methoxy groups -OCH3 is 1. The van der Waals surface area contributed by atoms with E-state index in [4.69, 9.17) is 10.00 Å². The van der Waals surface area contributed by atoms with E-state index in [0.29, 0.717) is 17.7 Å². The Morgan fingerprint density at radius 2 is 2.00 bits per heavy atom. The van der Waals surface area contributed by atoms with Crippen molar-refractivity contribution in [2.24, 2.45) is 5.92 Å². The molecular weight excluding hydrogens is 314 g/mol. The summed E-state index contributed by atoms with van der Waals surface area (Å²) in [5.41, 5.74) is 0.983. The number of benzene rings is 1. The van der Waals surface area contributed by atoms with Gasteiger partial charge in [-0.25, -0.2) is 0 Å². The molecule has 2 aliphatic rings. The number of nitrogens with one attached hydrogen (secondary N) is 1. The second kappa shape index (κ2) is 7.99. The highest BCUT2D eigenvalue weighted by molar-refractivity contribution is 5.94. The zero-order chi connectivity index (χ0) is 17.7. The molecule has 3 rings (SSSR count). The van der Waals surface area contributed by atoms with E-state index in [2.05, 4.69) is 16.3 Å². The molecule has 1 aliphatic carbocycles. The topological polar surface area (TPSA) is 65.4 Å². The van der Waals surface area contributed by atoms with Gasteiger partial charge < -0.3 is 15.0 Å². The number of ether oxygens (including phenoxy) is 1. The van der Waals surface area contributed by atoms with Gasteiger partial charge in [0.05, 0.1) is 11.6 Å². The minimum atomic E-state index is -0.193. The van der Waals surface area contributed by atoms with Crippen LogP contribution >= 0.6 is 0 Å². The number of nitrogens with zero attached hydrogens (tertiary/aromatic N) is 2. The van der Waals surface area contributed by atoms with Crippen LogP contribution in [0.4, 0.5) is 0 Å². The molecule has 1 amide bonds. The van der Waals surface area contributed by atoms with Gasteiger partial charge in [-0.2, -0.15) is 5.26 Å². The first-order chi connectivity index (χ1) is 12.1. The van der Waals surface area contributed by atoms with Crippen LogP contribution in [0.3, 0.4) is 0 Å². The first-order valence-corrected chi connectivity index (χ1v) is 9.18. The van der Waals surface area contributed by atoms with E-state index in [1.807, 2.05) is 0 Å². The lowest BCUT2D eigenvalue weighted by Crippen LogP contribution is -2.56. The maximum atomic E-state index is 12.7. The molecule has 1 saturated carbocycles. The molecule has 0 bridgehead atoms. The van der Waals surface area contributed by atoms with Crippen molar-refractivity contribution in [2.75, 3.05) is 33.4 Å². The zero-order valence-electron chi connectivity index (χ0n) is 15.0. The fraction of sp³-hybridized carbons (Fsp3) is 0.600. The standard InChI is InChI=1S/C20H27N3O2/c1-25-13-10-20(8-11-23(12-9-20)15-17-2-3-17)22-19(24)18-6-4-16(14-21)5-7-18/h4-7,17H,2-3,8-13,15H2,1H3,(H,22,24). The highest BCUT2D eigenvalue weighted by Crippen LogP contribution is 2.33. The van der Waals surface area contributed by atoms with Gasteiger partial charge in [0.2, 0.25) is 0 Å². The first-order valence-electron chi connectivity index (χ1n) is 9.18. The van der Waals surface area contributed by atoms with Crippen LogP contribution in [0.1, 0.15) is 48.0 Å². The van der Waals surface area contributed by atoms with Gasteiger partial charge in [0.25, 0.3) is 5.91 Å². The third-order valence-corrected chi connectivity index (χ3v) is 5.47. The van der Waals surface area contributed by atoms with Crippen LogP contribution in [0.25, 0.3) is 0 Å². The van der Waals surface area contributed by atoms with Crippen molar-refractivity contribution in [1.29, 1.82) is 5.26 Å². The number of carbonyl (C=O) groups is 1. The molecule has 0 spiro atoms. The van der Waals surface area contributed by atoms with Crippen LogP contribution in [-0.4, -0.2) is 49.7 Å². The van der Waals surface area contributed by atoms with Crippen molar-refractivity contribution < 1.29 is 9.53 Å². The number of hydrogen-bond donors (Lipinski definition) is 1. The Morgan fingerprint density at radius 3 is 2.56 bits per heavy atom. The molecule has 5 heteroatoms. The minimum Gasteiger partial charge on any atom is -0.385 e. The van der Waals surface area contributed by atoms with Crippen molar-refractivity contribution in [1.82, 2.24) is 10.2 Å². The summed E-state index contributed by atoms with van der Waals surface area (Å²) in [4.78, 5) is 15.2. The monoisotopic (exact) mass is 341 g/mol. The van der Waals surface area contributed by atoms with Crippen molar-refractivity contribution in [3.05, 3.63) is 35.4 Å². The Labute approximate surface area is 150 Å². The maximum absolute atomic E-state index is 12.7. The van der Waals surface area contributed by atoms with Gasteiger partial charge in [-0.15, -0.1) is 0 Å². The van der Waals surface area contributed by atoms with E-state index in [-0.39, 0.29) is 11.4 Å². The van der Waals surface area contributed by atoms with E-state index < -0.39 is 0 Å². The van der Waals surface area contributed by atoms with E-state index in [1.54, 1.807) is 31.4 Å². The van der Waals surface area contributed by atoms with Crippen LogP contribution in [0, 0.1) is 17.2 Å². The zero-order valence-corrected chi connectivity index (χ0v) is 15.0. The van der Waals surface area contributed by atoms with E-state index in [9.17, 15) is 4.79 Å². The van der Waals surface area contributed by atoms with Crippen molar-refractivity contribution in [3.63, 3.8) is 0 Å². The Hall–Kier alpha value is -1.90. The maximum Gasteiger partial charge on any atom is 0.251 e. The molecule has 0 aromatic heterocycles. The first kappa shape index (κ1) is 17.9. The minimum absolute atomic E-state index is 0.0590. The van der Waals surface area contributed by atoms with Crippen LogP contribution in [-0.2, 0) is 4.74 Å². The highest BCUT2D eigenvalue weighted by Gasteiger charge is 2.37. The molecule has 1 aromatic carbocycles. The summed E-state index contributed by atoms with van der Waals surface area (Å²) in [6, 6.07) is 8.91. The predicted molar refractivity (Wildman–Crippen MR) is 96.2 cm³/mol. The summed E-state index contributed by atoms with van der Waals surface area (Å²) in [5.74, 6) is 0.843. The summed E-state index contributed by atoms with van der Waals surface area (Å²) in [6.45, 7) is 3.93. The lowest BCUT2D eigenvalue weighted by molar-refractivity contribution is 0.0696. The normalized spacial score (nSPS) is 20.0. The summed E-state index contributed by atoms with van der Waals surface area (Å²) in [7, 11) is 1.71. The number of carbonyl (C=O) groups excluding carboxylic acids is 1. The molecule has 1 heterocycles. The molecular formula is C20H27N3O2. The molecule has 1 N–H and O–H groups in total. The summed E-state index contributed by atoms with van der Waals surface area (Å²) >= 11 is 0. The van der Waals surface area contributed by atoms with Gasteiger partial charge in [-0.3, -0.25) is 4.79 Å². The third kappa shape index (κ3) is 4.81. The van der Waals surface area contributed by atoms with Gasteiger partial charge >= 0.3 is 0 Å². The van der Waals surface area contributed by atoms with Gasteiger partial charge in [-0.05, 0) is 62.3 Å². The number of nitriles is 1. The van der Waals surface area contributed by atoms with Gasteiger partial charge in [0.15, 0.2) is 0 Å². The molecule has 0 atom stereocenters. The quantitative estimate of drug-likeness (QED) is 0.828.